The van der Waals surface area contributed by atoms with Crippen molar-refractivity contribution in [1.29, 1.82) is 0 Å². The number of phosphoric acid groups is 1. The second-order valence-electron chi connectivity index (χ2n) is 8.84. The van der Waals surface area contributed by atoms with Gasteiger partial charge in [0.05, 0.1) is 13.2 Å². The SMILES string of the molecule is CCCCCCCCCCCCC(=O)OC(COC(=O)CCCC)COP(=O)(O)OCC(N)C(=O)O. The summed E-state index contributed by atoms with van der Waals surface area (Å²) in [7, 11) is -4.67. The summed E-state index contributed by atoms with van der Waals surface area (Å²) in [5.74, 6) is -2.43. The van der Waals surface area contributed by atoms with E-state index in [2.05, 4.69) is 11.4 Å². The minimum absolute atomic E-state index is 0.164. The predicted octanol–water partition coefficient (Wildman–Crippen LogP) is 4.49. The fraction of sp³-hybridized carbons (Fsp3) is 0.875. The molecule has 3 unspecified atom stereocenters. The molecule has 212 valence electrons. The van der Waals surface area contributed by atoms with E-state index in [-0.39, 0.29) is 19.4 Å². The van der Waals surface area contributed by atoms with Gasteiger partial charge in [-0.25, -0.2) is 4.57 Å². The lowest BCUT2D eigenvalue weighted by atomic mass is 10.1. The number of rotatable bonds is 24. The minimum atomic E-state index is -4.67. The maximum absolute atomic E-state index is 12.3. The summed E-state index contributed by atoms with van der Waals surface area (Å²) in [6.45, 7) is 2.44. The van der Waals surface area contributed by atoms with Gasteiger partial charge in [-0.2, -0.15) is 0 Å². The summed E-state index contributed by atoms with van der Waals surface area (Å²) in [5.41, 5.74) is 5.24. The first-order valence-electron chi connectivity index (χ1n) is 13.1. The molecule has 0 radical (unpaired) electrons. The number of carbonyl (C=O) groups is 3. The van der Waals surface area contributed by atoms with Gasteiger partial charge in [-0.15, -0.1) is 0 Å². The highest BCUT2D eigenvalue weighted by Crippen LogP contribution is 2.43. The zero-order chi connectivity index (χ0) is 27.2. The first-order chi connectivity index (χ1) is 17.1. The number of aliphatic carboxylic acids is 1. The molecule has 11 nitrogen and oxygen atoms in total. The molecule has 0 amide bonds. The molecule has 0 aliphatic carbocycles. The Labute approximate surface area is 215 Å². The Morgan fingerprint density at radius 3 is 1.81 bits per heavy atom. The van der Waals surface area contributed by atoms with E-state index in [4.69, 9.17) is 24.8 Å². The smallest absolute Gasteiger partial charge is 0.472 e. The van der Waals surface area contributed by atoms with E-state index in [1.54, 1.807) is 0 Å². The molecular formula is C24H46NO10P. The van der Waals surface area contributed by atoms with Crippen molar-refractivity contribution < 1.29 is 47.5 Å². The van der Waals surface area contributed by atoms with Gasteiger partial charge in [0.1, 0.15) is 12.6 Å². The van der Waals surface area contributed by atoms with Crippen LogP contribution >= 0.6 is 7.82 Å². The number of unbranched alkanes of at least 4 members (excludes halogenated alkanes) is 10. The lowest BCUT2D eigenvalue weighted by molar-refractivity contribution is -0.161. The van der Waals surface area contributed by atoms with Crippen LogP contribution in [0.2, 0.25) is 0 Å². The van der Waals surface area contributed by atoms with Crippen LogP contribution in [-0.4, -0.2) is 59.9 Å². The van der Waals surface area contributed by atoms with Gasteiger partial charge in [-0.3, -0.25) is 23.4 Å². The summed E-state index contributed by atoms with van der Waals surface area (Å²) in [4.78, 5) is 44.5. The Morgan fingerprint density at radius 2 is 1.25 bits per heavy atom. The van der Waals surface area contributed by atoms with Crippen LogP contribution in [0.1, 0.15) is 104 Å². The fourth-order valence-corrected chi connectivity index (χ4v) is 3.94. The molecule has 0 aromatic heterocycles. The van der Waals surface area contributed by atoms with E-state index >= 15 is 0 Å². The van der Waals surface area contributed by atoms with E-state index in [9.17, 15) is 23.8 Å². The van der Waals surface area contributed by atoms with Gasteiger partial charge in [0.25, 0.3) is 0 Å². The summed E-state index contributed by atoms with van der Waals surface area (Å²) < 4.78 is 31.8. The lowest BCUT2D eigenvalue weighted by Crippen LogP contribution is -2.34. The van der Waals surface area contributed by atoms with Crippen molar-refractivity contribution >= 4 is 25.7 Å². The molecule has 0 bridgehead atoms. The van der Waals surface area contributed by atoms with Crippen molar-refractivity contribution in [3.63, 3.8) is 0 Å². The number of hydrogen-bond donors (Lipinski definition) is 3. The topological polar surface area (TPSA) is 172 Å². The standard InChI is InChI=1S/C24H46NO10P/c1-3-5-7-8-9-10-11-12-13-14-16-23(27)35-20(17-32-22(26)15-6-4-2)18-33-36(30,31)34-19-21(25)24(28)29/h20-21H,3-19,25H2,1-2H3,(H,28,29)(H,30,31). The molecule has 0 spiro atoms. The van der Waals surface area contributed by atoms with E-state index < -0.39 is 51.1 Å². The second-order valence-corrected chi connectivity index (χ2v) is 10.3. The summed E-state index contributed by atoms with van der Waals surface area (Å²) >= 11 is 0. The summed E-state index contributed by atoms with van der Waals surface area (Å²) in [5, 5.41) is 8.73. The largest absolute Gasteiger partial charge is 0.480 e. The Hall–Kier alpha value is -1.52. The molecular weight excluding hydrogens is 493 g/mol. The number of hydrogen-bond acceptors (Lipinski definition) is 9. The number of carbonyl (C=O) groups excluding carboxylic acids is 2. The molecule has 0 saturated carbocycles. The number of carboxylic acids is 1. The molecule has 0 heterocycles. The Balaban J connectivity index is 4.47. The van der Waals surface area contributed by atoms with Crippen LogP contribution in [0.4, 0.5) is 0 Å². The lowest BCUT2D eigenvalue weighted by Gasteiger charge is -2.20. The minimum Gasteiger partial charge on any atom is -0.480 e. The highest BCUT2D eigenvalue weighted by atomic mass is 31.2. The van der Waals surface area contributed by atoms with Crippen LogP contribution in [-0.2, 0) is 37.5 Å². The summed E-state index contributed by atoms with van der Waals surface area (Å²) in [6, 6.07) is -1.51. The molecule has 0 fully saturated rings. The van der Waals surface area contributed by atoms with Crippen molar-refractivity contribution in [1.82, 2.24) is 0 Å². The molecule has 0 aromatic carbocycles. The number of ether oxygens (including phenoxy) is 2. The Morgan fingerprint density at radius 1 is 0.750 bits per heavy atom. The first kappa shape index (κ1) is 34.5. The van der Waals surface area contributed by atoms with Gasteiger partial charge in [0.2, 0.25) is 0 Å². The average Bonchev–Trinajstić information content (AvgIpc) is 2.83. The molecule has 0 aromatic rings. The van der Waals surface area contributed by atoms with Crippen molar-refractivity contribution in [2.24, 2.45) is 5.73 Å². The highest BCUT2D eigenvalue weighted by Gasteiger charge is 2.28. The van der Waals surface area contributed by atoms with Crippen LogP contribution in [0, 0.1) is 0 Å². The van der Waals surface area contributed by atoms with Gasteiger partial charge in [-0.1, -0.05) is 78.1 Å². The summed E-state index contributed by atoms with van der Waals surface area (Å²) in [6.07, 6.45) is 11.9. The molecule has 3 atom stereocenters. The third kappa shape index (κ3) is 20.7. The second kappa shape index (κ2) is 21.6. The number of nitrogens with two attached hydrogens (primary N) is 1. The molecule has 12 heteroatoms. The van der Waals surface area contributed by atoms with E-state index in [1.165, 1.54) is 38.5 Å². The van der Waals surface area contributed by atoms with E-state index in [1.807, 2.05) is 6.92 Å². The van der Waals surface area contributed by atoms with Gasteiger partial charge in [0, 0.05) is 12.8 Å². The monoisotopic (exact) mass is 539 g/mol. The maximum Gasteiger partial charge on any atom is 0.472 e. The van der Waals surface area contributed by atoms with Gasteiger partial charge in [-0.05, 0) is 12.8 Å². The molecule has 0 saturated heterocycles. The normalized spacial score (nSPS) is 14.6. The van der Waals surface area contributed by atoms with Crippen LogP contribution in [0.25, 0.3) is 0 Å². The average molecular weight is 540 g/mol. The van der Waals surface area contributed by atoms with Crippen LogP contribution < -0.4 is 5.73 Å². The third-order valence-electron chi connectivity index (χ3n) is 5.36. The molecule has 0 rings (SSSR count). The molecule has 4 N–H and O–H groups in total. The Kier molecular flexibility index (Phi) is 20.6. The molecule has 36 heavy (non-hydrogen) atoms. The fourth-order valence-electron chi connectivity index (χ4n) is 3.16. The van der Waals surface area contributed by atoms with Gasteiger partial charge in [0.15, 0.2) is 6.10 Å². The predicted molar refractivity (Wildman–Crippen MR) is 134 cm³/mol. The first-order valence-corrected chi connectivity index (χ1v) is 14.6. The molecule has 0 aliphatic rings. The van der Waals surface area contributed by atoms with Gasteiger partial charge < -0.3 is 25.2 Å². The number of carboxylic acid groups (broad SMARTS) is 1. The van der Waals surface area contributed by atoms with Crippen LogP contribution in [0.5, 0.6) is 0 Å². The zero-order valence-corrected chi connectivity index (χ0v) is 22.8. The van der Waals surface area contributed by atoms with E-state index in [0.717, 1.165) is 25.7 Å². The van der Waals surface area contributed by atoms with Gasteiger partial charge >= 0.3 is 25.7 Å². The van der Waals surface area contributed by atoms with Crippen LogP contribution in [0.15, 0.2) is 0 Å². The Bertz CT molecular complexity index is 661. The van der Waals surface area contributed by atoms with Crippen molar-refractivity contribution in [2.45, 2.75) is 116 Å². The van der Waals surface area contributed by atoms with E-state index in [0.29, 0.717) is 12.8 Å². The van der Waals surface area contributed by atoms with Crippen molar-refractivity contribution in [3.05, 3.63) is 0 Å². The molecule has 0 aliphatic heterocycles. The maximum atomic E-state index is 12.3. The zero-order valence-electron chi connectivity index (χ0n) is 21.9. The quantitative estimate of drug-likeness (QED) is 0.0896. The number of esters is 2. The van der Waals surface area contributed by atoms with Crippen LogP contribution in [0.3, 0.4) is 0 Å². The number of phosphoric ester groups is 1. The van der Waals surface area contributed by atoms with Crippen molar-refractivity contribution in [3.8, 4) is 0 Å². The van der Waals surface area contributed by atoms with Crippen molar-refractivity contribution in [2.75, 3.05) is 19.8 Å². The highest BCUT2D eigenvalue weighted by molar-refractivity contribution is 7.47. The third-order valence-corrected chi connectivity index (χ3v) is 6.31.